The Morgan fingerprint density at radius 3 is 2.16 bits per heavy atom. The van der Waals surface area contributed by atoms with Crippen LogP contribution in [0.3, 0.4) is 0 Å². The van der Waals surface area contributed by atoms with Gasteiger partial charge in [-0.3, -0.25) is 9.48 Å². The van der Waals surface area contributed by atoms with Gasteiger partial charge in [0.1, 0.15) is 11.3 Å². The van der Waals surface area contributed by atoms with Gasteiger partial charge in [-0.05, 0) is 58.9 Å². The summed E-state index contributed by atoms with van der Waals surface area (Å²) in [4.78, 5) is 27.6. The van der Waals surface area contributed by atoms with Crippen molar-refractivity contribution in [3.8, 4) is 11.4 Å². The minimum Gasteiger partial charge on any atom is -0.444 e. The molecule has 0 radical (unpaired) electrons. The average molecular weight is 425 g/mol. The number of para-hydroxylation sites is 1. The SMILES string of the molecule is Cc1ccc(C)n1-c1c(CCN(C)C(=O)OC(C)(C)C)n(C)n(-c2ccccc2)c1=O. The predicted octanol–water partition coefficient (Wildman–Crippen LogP) is 3.99. The Morgan fingerprint density at radius 1 is 1.03 bits per heavy atom. The molecule has 3 rings (SSSR count). The van der Waals surface area contributed by atoms with Gasteiger partial charge in [-0.25, -0.2) is 9.48 Å². The summed E-state index contributed by atoms with van der Waals surface area (Å²) in [5.74, 6) is 0. The van der Waals surface area contributed by atoms with Crippen molar-refractivity contribution in [1.82, 2.24) is 18.8 Å². The fraction of sp³-hybridized carbons (Fsp3) is 0.417. The second-order valence-electron chi connectivity index (χ2n) is 8.87. The number of aromatic nitrogens is 3. The van der Waals surface area contributed by atoms with Crippen molar-refractivity contribution >= 4 is 6.09 Å². The first-order valence-electron chi connectivity index (χ1n) is 10.5. The van der Waals surface area contributed by atoms with Crippen LogP contribution in [0.1, 0.15) is 37.9 Å². The molecule has 166 valence electrons. The summed E-state index contributed by atoms with van der Waals surface area (Å²) in [6.45, 7) is 9.94. The third-order valence-corrected chi connectivity index (χ3v) is 5.24. The van der Waals surface area contributed by atoms with Crippen molar-refractivity contribution < 1.29 is 9.53 Å². The molecule has 0 bridgehead atoms. The number of rotatable bonds is 5. The maximum Gasteiger partial charge on any atom is 0.410 e. The van der Waals surface area contributed by atoms with E-state index in [1.807, 2.05) is 93.4 Å². The molecule has 31 heavy (non-hydrogen) atoms. The number of likely N-dealkylation sites (N-methyl/N-ethyl adjacent to an activating group) is 1. The van der Waals surface area contributed by atoms with E-state index in [1.165, 1.54) is 0 Å². The zero-order valence-electron chi connectivity index (χ0n) is 19.5. The number of carbonyl (C=O) groups is 1. The van der Waals surface area contributed by atoms with Crippen molar-refractivity contribution in [2.24, 2.45) is 7.05 Å². The fourth-order valence-corrected chi connectivity index (χ4v) is 3.72. The molecule has 3 aromatic rings. The summed E-state index contributed by atoms with van der Waals surface area (Å²) in [6.07, 6.45) is 0.128. The predicted molar refractivity (Wildman–Crippen MR) is 122 cm³/mol. The number of ether oxygens (including phenoxy) is 1. The zero-order chi connectivity index (χ0) is 22.9. The smallest absolute Gasteiger partial charge is 0.410 e. The highest BCUT2D eigenvalue weighted by Crippen LogP contribution is 2.21. The van der Waals surface area contributed by atoms with Crippen LogP contribution in [-0.2, 0) is 18.2 Å². The van der Waals surface area contributed by atoms with Crippen molar-refractivity contribution in [2.45, 2.75) is 46.6 Å². The topological polar surface area (TPSA) is 61.4 Å². The third kappa shape index (κ3) is 4.60. The van der Waals surface area contributed by atoms with E-state index in [0.29, 0.717) is 18.7 Å². The summed E-state index contributed by atoms with van der Waals surface area (Å²) in [5, 5.41) is 0. The molecule has 0 spiro atoms. The van der Waals surface area contributed by atoms with Crippen molar-refractivity contribution in [3.05, 3.63) is 69.9 Å². The van der Waals surface area contributed by atoms with Crippen LogP contribution in [0.2, 0.25) is 0 Å². The van der Waals surface area contributed by atoms with Crippen molar-refractivity contribution in [2.75, 3.05) is 13.6 Å². The lowest BCUT2D eigenvalue weighted by atomic mass is 10.2. The standard InChI is InChI=1S/C24H32N4O3/c1-17-13-14-18(2)27(17)21-20(15-16-25(6)23(30)31-24(3,4)5)26(7)28(22(21)29)19-11-9-8-10-12-19/h8-14H,15-16H2,1-7H3. The van der Waals surface area contributed by atoms with Crippen LogP contribution in [0.15, 0.2) is 47.3 Å². The molecule has 0 saturated carbocycles. The van der Waals surface area contributed by atoms with Crippen LogP contribution in [0.25, 0.3) is 11.4 Å². The highest BCUT2D eigenvalue weighted by atomic mass is 16.6. The first kappa shape index (κ1) is 22.5. The van der Waals surface area contributed by atoms with E-state index in [0.717, 1.165) is 22.8 Å². The Morgan fingerprint density at radius 2 is 1.61 bits per heavy atom. The van der Waals surface area contributed by atoms with Crippen LogP contribution in [0.4, 0.5) is 4.79 Å². The summed E-state index contributed by atoms with van der Waals surface area (Å²) in [5.41, 5.74) is 3.59. The van der Waals surface area contributed by atoms with Crippen LogP contribution >= 0.6 is 0 Å². The highest BCUT2D eigenvalue weighted by Gasteiger charge is 2.24. The summed E-state index contributed by atoms with van der Waals surface area (Å²) >= 11 is 0. The van der Waals surface area contributed by atoms with E-state index in [4.69, 9.17) is 4.74 Å². The Labute approximate surface area is 183 Å². The van der Waals surface area contributed by atoms with E-state index in [-0.39, 0.29) is 11.7 Å². The van der Waals surface area contributed by atoms with Gasteiger partial charge in [0.2, 0.25) is 0 Å². The van der Waals surface area contributed by atoms with Gasteiger partial charge in [-0.1, -0.05) is 18.2 Å². The first-order chi connectivity index (χ1) is 14.5. The number of hydrogen-bond donors (Lipinski definition) is 0. The van der Waals surface area contributed by atoms with Crippen molar-refractivity contribution in [1.29, 1.82) is 0 Å². The molecular weight excluding hydrogens is 392 g/mol. The van der Waals surface area contributed by atoms with Gasteiger partial charge in [0.15, 0.2) is 0 Å². The van der Waals surface area contributed by atoms with Gasteiger partial charge in [-0.15, -0.1) is 0 Å². The van der Waals surface area contributed by atoms with Crippen LogP contribution in [0.5, 0.6) is 0 Å². The Bertz CT molecular complexity index is 1110. The quantitative estimate of drug-likeness (QED) is 0.622. The molecule has 0 aliphatic carbocycles. The molecule has 0 aliphatic rings. The molecule has 7 nitrogen and oxygen atoms in total. The highest BCUT2D eigenvalue weighted by molar-refractivity contribution is 5.67. The Hall–Kier alpha value is -3.22. The lowest BCUT2D eigenvalue weighted by molar-refractivity contribution is 0.0300. The fourth-order valence-electron chi connectivity index (χ4n) is 3.72. The van der Waals surface area contributed by atoms with Crippen LogP contribution in [0, 0.1) is 13.8 Å². The Balaban J connectivity index is 2.05. The average Bonchev–Trinajstić information content (AvgIpc) is 3.14. The number of carbonyl (C=O) groups excluding carboxylic acids is 1. The maximum atomic E-state index is 13.6. The van der Waals surface area contributed by atoms with Gasteiger partial charge in [0.25, 0.3) is 5.56 Å². The molecule has 1 aromatic carbocycles. The number of nitrogens with zero attached hydrogens (tertiary/aromatic N) is 4. The molecule has 0 N–H and O–H groups in total. The summed E-state index contributed by atoms with van der Waals surface area (Å²) in [7, 11) is 3.60. The van der Waals surface area contributed by atoms with Gasteiger partial charge in [-0.2, -0.15) is 0 Å². The summed E-state index contributed by atoms with van der Waals surface area (Å²) in [6, 6.07) is 13.6. The van der Waals surface area contributed by atoms with E-state index < -0.39 is 5.60 Å². The molecule has 0 saturated heterocycles. The van der Waals surface area contributed by atoms with Crippen molar-refractivity contribution in [3.63, 3.8) is 0 Å². The Kier molecular flexibility index (Phi) is 6.15. The third-order valence-electron chi connectivity index (χ3n) is 5.24. The minimum atomic E-state index is -0.556. The molecule has 0 atom stereocenters. The lowest BCUT2D eigenvalue weighted by Gasteiger charge is -2.24. The van der Waals surface area contributed by atoms with Crippen LogP contribution < -0.4 is 5.56 Å². The molecule has 0 fully saturated rings. The second kappa shape index (κ2) is 8.49. The van der Waals surface area contributed by atoms with Gasteiger partial charge >= 0.3 is 6.09 Å². The second-order valence-corrected chi connectivity index (χ2v) is 8.87. The molecule has 2 aromatic heterocycles. The molecule has 1 amide bonds. The van der Waals surface area contributed by atoms with Gasteiger partial charge in [0, 0.05) is 38.4 Å². The number of benzene rings is 1. The van der Waals surface area contributed by atoms with Gasteiger partial charge < -0.3 is 14.2 Å². The zero-order valence-corrected chi connectivity index (χ0v) is 19.5. The molecule has 2 heterocycles. The van der Waals surface area contributed by atoms with Gasteiger partial charge in [0.05, 0.1) is 11.4 Å². The molecule has 0 aliphatic heterocycles. The molecule has 7 heteroatoms. The van der Waals surface area contributed by atoms with E-state index in [1.54, 1.807) is 16.6 Å². The normalized spacial score (nSPS) is 11.6. The largest absolute Gasteiger partial charge is 0.444 e. The summed E-state index contributed by atoms with van der Waals surface area (Å²) < 4.78 is 11.0. The maximum absolute atomic E-state index is 13.6. The lowest BCUT2D eigenvalue weighted by Crippen LogP contribution is -2.35. The van der Waals surface area contributed by atoms with E-state index >= 15 is 0 Å². The molecule has 0 unspecified atom stereocenters. The first-order valence-corrected chi connectivity index (χ1v) is 10.5. The minimum absolute atomic E-state index is 0.0916. The monoisotopic (exact) mass is 424 g/mol. The van der Waals surface area contributed by atoms with Crippen LogP contribution in [-0.4, -0.2) is 44.1 Å². The number of aryl methyl sites for hydroxylation is 2. The number of amides is 1. The molecular formula is C24H32N4O3. The number of hydrogen-bond acceptors (Lipinski definition) is 3. The van der Waals surface area contributed by atoms with E-state index in [2.05, 4.69) is 0 Å². The van der Waals surface area contributed by atoms with E-state index in [9.17, 15) is 9.59 Å².